The van der Waals surface area contributed by atoms with E-state index in [4.69, 9.17) is 10.7 Å². The lowest BCUT2D eigenvalue weighted by molar-refractivity contribution is -0.141. The molecule has 4 nitrogen and oxygen atoms in total. The van der Waals surface area contributed by atoms with Crippen LogP contribution < -0.4 is 0 Å². The zero-order chi connectivity index (χ0) is 10.3. The normalized spacial score (nSPS) is 14.6. The molecule has 0 aliphatic heterocycles. The molecule has 0 fully saturated rings. The summed E-state index contributed by atoms with van der Waals surface area (Å²) < 4.78 is 59.5. The number of hydrogen-bond donors (Lipinski definition) is 0. The molecule has 1 aromatic rings. The van der Waals surface area contributed by atoms with Crippen LogP contribution in [0.15, 0.2) is 5.38 Å². The topological polar surface area (TPSA) is 59.9 Å². The third-order valence-corrected chi connectivity index (χ3v) is 4.89. The third kappa shape index (κ3) is 2.51. The fourth-order valence-electron chi connectivity index (χ4n) is 0.448. The van der Waals surface area contributed by atoms with Crippen molar-refractivity contribution in [1.29, 1.82) is 0 Å². The van der Waals surface area contributed by atoms with Gasteiger partial charge in [-0.2, -0.15) is 21.6 Å². The molecule has 0 saturated carbocycles. The zero-order valence-electron chi connectivity index (χ0n) is 5.62. The predicted molar refractivity (Wildman–Crippen MR) is 39.7 cm³/mol. The molecule has 1 rings (SSSR count). The maximum atomic E-state index is 11.9. The number of aromatic nitrogens is 2. The standard InChI is InChI=1S/C3HClF3N2O2S2/c4-13(10,11)12-1-2(8-9-12)3(5,6)7/h1H/q+1. The lowest BCUT2D eigenvalue weighted by Gasteiger charge is -1.95. The van der Waals surface area contributed by atoms with E-state index in [1.54, 1.807) is 0 Å². The van der Waals surface area contributed by atoms with Crippen molar-refractivity contribution in [3.63, 3.8) is 0 Å². The van der Waals surface area contributed by atoms with E-state index in [1.165, 1.54) is 0 Å². The van der Waals surface area contributed by atoms with Crippen molar-refractivity contribution in [3.05, 3.63) is 11.1 Å². The van der Waals surface area contributed by atoms with E-state index < -0.39 is 29.7 Å². The van der Waals surface area contributed by atoms with Crippen LogP contribution in [-0.2, 0) is 14.3 Å². The molecular weight excluding hydrogens is 253 g/mol. The molecule has 0 aliphatic rings. The Labute approximate surface area is 77.3 Å². The number of alkyl halides is 3. The smallest absolute Gasteiger partial charge is 0.164 e. The molecule has 1 atom stereocenters. The van der Waals surface area contributed by atoms with Crippen LogP contribution in [0.5, 0.6) is 0 Å². The molecule has 1 heterocycles. The van der Waals surface area contributed by atoms with Crippen LogP contribution in [0.3, 0.4) is 0 Å². The second kappa shape index (κ2) is 3.07. The molecule has 0 aromatic carbocycles. The minimum absolute atomic E-state index is 0.377. The molecule has 0 aliphatic carbocycles. The highest BCUT2D eigenvalue weighted by molar-refractivity contribution is 8.51. The van der Waals surface area contributed by atoms with Crippen molar-refractivity contribution >= 4 is 28.5 Å². The summed E-state index contributed by atoms with van der Waals surface area (Å²) in [6.45, 7) is 0. The molecule has 10 heteroatoms. The number of rotatable bonds is 1. The van der Waals surface area contributed by atoms with Crippen molar-refractivity contribution in [2.75, 3.05) is 0 Å². The van der Waals surface area contributed by atoms with Gasteiger partial charge in [0.25, 0.3) is 9.70 Å². The van der Waals surface area contributed by atoms with Crippen LogP contribution in [0.1, 0.15) is 5.69 Å². The fraction of sp³-hybridized carbons (Fsp3) is 0.333. The first-order valence-electron chi connectivity index (χ1n) is 2.60. The van der Waals surface area contributed by atoms with Crippen LogP contribution in [0.2, 0.25) is 0 Å². The number of hydrogen-bond acceptors (Lipinski definition) is 4. The van der Waals surface area contributed by atoms with Crippen LogP contribution in [0.4, 0.5) is 13.2 Å². The molecule has 0 spiro atoms. The van der Waals surface area contributed by atoms with E-state index in [9.17, 15) is 21.6 Å². The van der Waals surface area contributed by atoms with Gasteiger partial charge in [-0.15, -0.1) is 0 Å². The van der Waals surface area contributed by atoms with Gasteiger partial charge in [0, 0.05) is 0 Å². The van der Waals surface area contributed by atoms with Crippen LogP contribution in [-0.4, -0.2) is 18.0 Å². The minimum Gasteiger partial charge on any atom is -0.164 e. The second-order valence-electron chi connectivity index (χ2n) is 1.85. The zero-order valence-corrected chi connectivity index (χ0v) is 8.01. The molecule has 13 heavy (non-hydrogen) atoms. The van der Waals surface area contributed by atoms with E-state index in [2.05, 4.69) is 9.59 Å². The highest BCUT2D eigenvalue weighted by Gasteiger charge is 2.40. The van der Waals surface area contributed by atoms with Gasteiger partial charge in [-0.05, 0) is 0 Å². The van der Waals surface area contributed by atoms with Gasteiger partial charge in [-0.1, -0.05) is 5.10 Å². The monoisotopic (exact) mass is 253 g/mol. The van der Waals surface area contributed by atoms with E-state index in [-0.39, 0.29) is 0 Å². The van der Waals surface area contributed by atoms with Gasteiger partial charge in [-0.25, -0.2) is 0 Å². The second-order valence-corrected chi connectivity index (χ2v) is 7.70. The Morgan fingerprint density at radius 1 is 1.46 bits per heavy atom. The highest BCUT2D eigenvalue weighted by Crippen LogP contribution is 2.33. The Balaban J connectivity index is 3.16. The summed E-state index contributed by atoms with van der Waals surface area (Å²) in [7, 11) is -1.37. The first-order valence-corrected chi connectivity index (χ1v) is 6.67. The Hall–Kier alpha value is -0.410. The maximum Gasteiger partial charge on any atom is 0.451 e. The van der Waals surface area contributed by atoms with E-state index in [0.717, 1.165) is 0 Å². The van der Waals surface area contributed by atoms with E-state index in [0.29, 0.717) is 5.38 Å². The van der Waals surface area contributed by atoms with Crippen molar-refractivity contribution in [1.82, 2.24) is 9.59 Å². The summed E-state index contributed by atoms with van der Waals surface area (Å²) in [6.07, 6.45) is -4.69. The lowest BCUT2D eigenvalue weighted by atomic mass is 10.5. The van der Waals surface area contributed by atoms with Gasteiger partial charge in [0.2, 0.25) is 11.1 Å². The minimum atomic E-state index is -4.69. The van der Waals surface area contributed by atoms with Crippen molar-refractivity contribution in [3.8, 4) is 0 Å². The quantitative estimate of drug-likeness (QED) is 0.433. The van der Waals surface area contributed by atoms with E-state index >= 15 is 0 Å². The SMILES string of the molecule is O=S(=O)(Cl)[s+]1cc(C(F)(F)F)nn1. The number of halogens is 4. The number of nitrogens with zero attached hydrogens (tertiary/aromatic N) is 2. The summed E-state index contributed by atoms with van der Waals surface area (Å²) in [6, 6.07) is 0. The largest absolute Gasteiger partial charge is 0.451 e. The highest BCUT2D eigenvalue weighted by atomic mass is 35.8. The Morgan fingerprint density at radius 2 is 2.00 bits per heavy atom. The third-order valence-electron chi connectivity index (χ3n) is 0.936. The van der Waals surface area contributed by atoms with Gasteiger partial charge in [0.1, 0.15) is 0 Å². The first kappa shape index (κ1) is 10.7. The van der Waals surface area contributed by atoms with Crippen LogP contribution in [0.25, 0.3) is 0 Å². The van der Waals surface area contributed by atoms with E-state index in [1.807, 2.05) is 0 Å². The van der Waals surface area contributed by atoms with Crippen LogP contribution in [0, 0.1) is 0 Å². The maximum absolute atomic E-state index is 11.9. The molecule has 0 N–H and O–H groups in total. The molecular formula is C3HClF3N2O2S2+. The summed E-state index contributed by atoms with van der Waals surface area (Å²) >= 11 is 0. The predicted octanol–water partition coefficient (Wildman–Crippen LogP) is 1.58. The van der Waals surface area contributed by atoms with Gasteiger partial charge < -0.3 is 0 Å². The Morgan fingerprint density at radius 3 is 2.23 bits per heavy atom. The molecule has 0 bridgehead atoms. The molecule has 0 radical (unpaired) electrons. The van der Waals surface area contributed by atoms with Crippen molar-refractivity contribution in [2.24, 2.45) is 0 Å². The summed E-state index contributed by atoms with van der Waals surface area (Å²) in [5.74, 6) is 0. The summed E-state index contributed by atoms with van der Waals surface area (Å²) in [4.78, 5) is 0. The van der Waals surface area contributed by atoms with Crippen LogP contribution >= 0.6 is 20.4 Å². The van der Waals surface area contributed by atoms with Crippen molar-refractivity contribution in [2.45, 2.75) is 6.18 Å². The summed E-state index contributed by atoms with van der Waals surface area (Å²) in [5, 5.41) is 3.04. The van der Waals surface area contributed by atoms with Gasteiger partial charge in [-0.3, -0.25) is 0 Å². The first-order chi connectivity index (χ1) is 5.71. The average molecular weight is 254 g/mol. The Bertz CT molecular complexity index is 411. The van der Waals surface area contributed by atoms with Gasteiger partial charge in [0.05, 0.1) is 15.2 Å². The lowest BCUT2D eigenvalue weighted by Crippen LogP contribution is -2.04. The molecule has 1 aromatic heterocycles. The average Bonchev–Trinajstić information content (AvgIpc) is 2.28. The molecule has 1 unspecified atom stereocenters. The summed E-state index contributed by atoms with van der Waals surface area (Å²) in [5.41, 5.74) is -1.33. The molecule has 0 saturated heterocycles. The van der Waals surface area contributed by atoms with Gasteiger partial charge in [0.15, 0.2) is 0 Å². The fourth-order valence-corrected chi connectivity index (χ4v) is 2.74. The van der Waals surface area contributed by atoms with Gasteiger partial charge >= 0.3 is 14.3 Å². The Kier molecular flexibility index (Phi) is 2.52. The molecule has 0 amide bonds. The molecule has 74 valence electrons. The van der Waals surface area contributed by atoms with Crippen molar-refractivity contribution < 1.29 is 21.6 Å².